The molecule has 4 heterocycles. The second kappa shape index (κ2) is 6.14. The molecule has 1 fully saturated rings. The summed E-state index contributed by atoms with van der Waals surface area (Å²) in [7, 11) is 0. The van der Waals surface area contributed by atoms with Crippen molar-refractivity contribution in [2.24, 2.45) is 0 Å². The van der Waals surface area contributed by atoms with Crippen LogP contribution in [0.1, 0.15) is 12.8 Å². The number of nitrogens with zero attached hydrogens (tertiary/aromatic N) is 4. The predicted octanol–water partition coefficient (Wildman–Crippen LogP) is 4.53. The minimum atomic E-state index is 0.412. The summed E-state index contributed by atoms with van der Waals surface area (Å²) in [4.78, 5) is 14.5. The van der Waals surface area contributed by atoms with Crippen LogP contribution in [0.25, 0.3) is 33.7 Å². The molecule has 6 nitrogen and oxygen atoms in total. The van der Waals surface area contributed by atoms with E-state index in [9.17, 15) is 0 Å². The van der Waals surface area contributed by atoms with Crippen molar-refractivity contribution in [3.8, 4) is 22.8 Å². The highest BCUT2D eigenvalue weighted by atomic mass is 35.5. The van der Waals surface area contributed by atoms with Crippen molar-refractivity contribution < 1.29 is 4.52 Å². The maximum atomic E-state index is 6.45. The molecule has 0 atom stereocenters. The molecule has 7 heteroatoms. The molecule has 1 N–H and O–H groups in total. The molecule has 4 aromatic rings. The highest BCUT2D eigenvalue weighted by Crippen LogP contribution is 2.32. The Morgan fingerprint density at radius 2 is 2.04 bits per heavy atom. The third-order valence-corrected chi connectivity index (χ3v) is 5.01. The largest absolute Gasteiger partial charge is 0.361 e. The number of hydrogen-bond acceptors (Lipinski definition) is 5. The first-order valence-corrected chi connectivity index (χ1v) is 8.98. The van der Waals surface area contributed by atoms with E-state index < -0.39 is 0 Å². The lowest BCUT2D eigenvalue weighted by Gasteiger charge is -2.17. The Hall–Kier alpha value is -2.86. The molecule has 1 aromatic carbocycles. The van der Waals surface area contributed by atoms with Crippen LogP contribution in [0.4, 0.5) is 5.82 Å². The fourth-order valence-corrected chi connectivity index (χ4v) is 3.73. The van der Waals surface area contributed by atoms with Crippen molar-refractivity contribution in [1.29, 1.82) is 0 Å². The van der Waals surface area contributed by atoms with Crippen molar-refractivity contribution in [3.05, 3.63) is 47.7 Å². The number of fused-ring (bicyclic) bond motifs is 1. The molecule has 0 unspecified atom stereocenters. The Kier molecular flexibility index (Phi) is 3.64. The van der Waals surface area contributed by atoms with E-state index in [-0.39, 0.29) is 0 Å². The second-order valence-electron chi connectivity index (χ2n) is 6.39. The highest BCUT2D eigenvalue weighted by Gasteiger charge is 2.19. The lowest BCUT2D eigenvalue weighted by atomic mass is 10.1. The predicted molar refractivity (Wildman–Crippen MR) is 101 cm³/mol. The average Bonchev–Trinajstić information content (AvgIpc) is 3.41. The number of aromatic amines is 1. The Bertz CT molecular complexity index is 1080. The summed E-state index contributed by atoms with van der Waals surface area (Å²) < 4.78 is 5.47. The molecule has 0 radical (unpaired) electrons. The number of hydrogen-bond donors (Lipinski definition) is 1. The number of H-pyrrole nitrogens is 1. The molecule has 0 spiro atoms. The van der Waals surface area contributed by atoms with Crippen LogP contribution in [0.5, 0.6) is 0 Å². The van der Waals surface area contributed by atoms with Crippen molar-refractivity contribution in [3.63, 3.8) is 0 Å². The van der Waals surface area contributed by atoms with Gasteiger partial charge in [0, 0.05) is 41.9 Å². The van der Waals surface area contributed by atoms with Gasteiger partial charge in [-0.25, -0.2) is 4.98 Å². The minimum Gasteiger partial charge on any atom is -0.361 e. The summed E-state index contributed by atoms with van der Waals surface area (Å²) in [5, 5.41) is 5.80. The second-order valence-corrected chi connectivity index (χ2v) is 6.80. The summed E-state index contributed by atoms with van der Waals surface area (Å²) in [6.07, 6.45) is 6.00. The van der Waals surface area contributed by atoms with Crippen LogP contribution in [0.2, 0.25) is 5.02 Å². The zero-order valence-corrected chi connectivity index (χ0v) is 14.7. The first-order valence-electron chi connectivity index (χ1n) is 8.61. The minimum absolute atomic E-state index is 0.412. The quantitative estimate of drug-likeness (QED) is 0.577. The zero-order valence-electron chi connectivity index (χ0n) is 13.9. The molecular formula is C19H16ClN5O. The maximum Gasteiger partial charge on any atom is 0.259 e. The SMILES string of the molecule is Clc1cc(-c2nc(-c3cccc4[nH]ccc34)no2)cnc1N1CCCC1. The lowest BCUT2D eigenvalue weighted by Crippen LogP contribution is -2.19. The van der Waals surface area contributed by atoms with E-state index in [4.69, 9.17) is 16.1 Å². The van der Waals surface area contributed by atoms with E-state index in [0.717, 1.165) is 40.9 Å². The molecule has 0 aliphatic carbocycles. The van der Waals surface area contributed by atoms with Crippen LogP contribution in [0.15, 0.2) is 47.2 Å². The van der Waals surface area contributed by atoms with Crippen LogP contribution in [-0.2, 0) is 0 Å². The summed E-state index contributed by atoms with van der Waals surface area (Å²) in [6, 6.07) is 9.81. The molecule has 3 aromatic heterocycles. The first-order chi connectivity index (χ1) is 12.8. The van der Waals surface area contributed by atoms with E-state index >= 15 is 0 Å². The summed E-state index contributed by atoms with van der Waals surface area (Å²) in [5.74, 6) is 1.78. The van der Waals surface area contributed by atoms with Gasteiger partial charge in [0.15, 0.2) is 0 Å². The molecule has 1 saturated heterocycles. The van der Waals surface area contributed by atoms with Crippen LogP contribution >= 0.6 is 11.6 Å². The Morgan fingerprint density at radius 3 is 2.88 bits per heavy atom. The van der Waals surface area contributed by atoms with Crippen molar-refractivity contribution in [1.82, 2.24) is 20.1 Å². The van der Waals surface area contributed by atoms with Gasteiger partial charge in [0.2, 0.25) is 5.82 Å². The van der Waals surface area contributed by atoms with Gasteiger partial charge in [0.25, 0.3) is 5.89 Å². The Balaban J connectivity index is 1.50. The normalized spacial score (nSPS) is 14.4. The monoisotopic (exact) mass is 365 g/mol. The van der Waals surface area contributed by atoms with Crippen molar-refractivity contribution in [2.45, 2.75) is 12.8 Å². The smallest absolute Gasteiger partial charge is 0.259 e. The fraction of sp³-hybridized carbons (Fsp3) is 0.211. The summed E-state index contributed by atoms with van der Waals surface area (Å²) >= 11 is 6.45. The number of pyridine rings is 1. The Morgan fingerprint density at radius 1 is 1.15 bits per heavy atom. The van der Waals surface area contributed by atoms with Crippen molar-refractivity contribution in [2.75, 3.05) is 18.0 Å². The van der Waals surface area contributed by atoms with Crippen LogP contribution in [0, 0.1) is 0 Å². The van der Waals surface area contributed by atoms with Gasteiger partial charge in [0.1, 0.15) is 5.82 Å². The molecule has 0 saturated carbocycles. The summed E-state index contributed by atoms with van der Waals surface area (Å²) in [6.45, 7) is 1.99. The molecule has 0 bridgehead atoms. The number of halogens is 1. The van der Waals surface area contributed by atoms with Gasteiger partial charge in [-0.05, 0) is 31.0 Å². The molecule has 26 heavy (non-hydrogen) atoms. The highest BCUT2D eigenvalue weighted by molar-refractivity contribution is 6.33. The topological polar surface area (TPSA) is 70.8 Å². The number of benzene rings is 1. The van der Waals surface area contributed by atoms with E-state index in [1.165, 1.54) is 12.8 Å². The summed E-state index contributed by atoms with van der Waals surface area (Å²) in [5.41, 5.74) is 2.68. The molecule has 1 aliphatic heterocycles. The number of nitrogens with one attached hydrogen (secondary N) is 1. The van der Waals surface area contributed by atoms with Crippen LogP contribution in [-0.4, -0.2) is 33.2 Å². The van der Waals surface area contributed by atoms with Gasteiger partial charge in [-0.3, -0.25) is 0 Å². The van der Waals surface area contributed by atoms with E-state index in [1.807, 2.05) is 36.5 Å². The van der Waals surface area contributed by atoms with Crippen LogP contribution in [0.3, 0.4) is 0 Å². The Labute approximate surface area is 154 Å². The van der Waals surface area contributed by atoms with Gasteiger partial charge < -0.3 is 14.4 Å². The zero-order chi connectivity index (χ0) is 17.5. The molecular weight excluding hydrogens is 350 g/mol. The van der Waals surface area contributed by atoms with Gasteiger partial charge >= 0.3 is 0 Å². The third-order valence-electron chi connectivity index (χ3n) is 4.74. The average molecular weight is 366 g/mol. The van der Waals surface area contributed by atoms with E-state index in [0.29, 0.717) is 16.7 Å². The number of anilines is 1. The third kappa shape index (κ3) is 2.54. The van der Waals surface area contributed by atoms with E-state index in [2.05, 4.69) is 25.0 Å². The molecule has 0 amide bonds. The van der Waals surface area contributed by atoms with Crippen LogP contribution < -0.4 is 4.90 Å². The van der Waals surface area contributed by atoms with Gasteiger partial charge in [-0.2, -0.15) is 4.98 Å². The lowest BCUT2D eigenvalue weighted by molar-refractivity contribution is 0.432. The van der Waals surface area contributed by atoms with Crippen molar-refractivity contribution >= 4 is 28.3 Å². The van der Waals surface area contributed by atoms with E-state index in [1.54, 1.807) is 6.20 Å². The molecule has 5 rings (SSSR count). The molecule has 130 valence electrons. The number of aromatic nitrogens is 4. The maximum absolute atomic E-state index is 6.45. The molecule has 1 aliphatic rings. The van der Waals surface area contributed by atoms with Gasteiger partial charge in [0.05, 0.1) is 10.6 Å². The first kappa shape index (κ1) is 15.4. The number of rotatable bonds is 3. The van der Waals surface area contributed by atoms with Gasteiger partial charge in [-0.15, -0.1) is 0 Å². The van der Waals surface area contributed by atoms with Gasteiger partial charge in [-0.1, -0.05) is 28.9 Å². The standard InChI is InChI=1S/C19H16ClN5O/c20-15-10-12(11-22-18(15)25-8-1-2-9-25)19-23-17(24-26-19)14-4-3-5-16-13(14)6-7-21-16/h3-7,10-11,21H,1-2,8-9H2. The fourth-order valence-electron chi connectivity index (χ4n) is 3.44.